The lowest BCUT2D eigenvalue weighted by Gasteiger charge is -2.17. The molecule has 0 aliphatic rings. The van der Waals surface area contributed by atoms with E-state index >= 15 is 0 Å². The highest BCUT2D eigenvalue weighted by Crippen LogP contribution is 2.34. The van der Waals surface area contributed by atoms with Crippen molar-refractivity contribution in [3.8, 4) is 45.3 Å². The van der Waals surface area contributed by atoms with Crippen LogP contribution >= 0.6 is 0 Å². The Hall–Kier alpha value is -7.55. The first-order valence-electron chi connectivity index (χ1n) is 21.1. The molecule has 2 atom stereocenters. The Morgan fingerprint density at radius 2 is 1.00 bits per heavy atom. The topological polar surface area (TPSA) is 207 Å². The molecule has 0 radical (unpaired) electrons. The molecule has 0 aliphatic carbocycles. The van der Waals surface area contributed by atoms with Gasteiger partial charge >= 0.3 is 11.9 Å². The van der Waals surface area contributed by atoms with Gasteiger partial charge in [-0.1, -0.05) is 129 Å². The molecule has 6 aromatic rings. The Morgan fingerprint density at radius 1 is 0.588 bits per heavy atom. The van der Waals surface area contributed by atoms with E-state index in [0.29, 0.717) is 34.1 Å². The fourth-order valence-corrected chi connectivity index (χ4v) is 6.88. The van der Waals surface area contributed by atoms with Gasteiger partial charge in [0, 0.05) is 12.1 Å². The third-order valence-corrected chi connectivity index (χ3v) is 10.7. The van der Waals surface area contributed by atoms with Crippen LogP contribution in [-0.2, 0) is 16.1 Å². The van der Waals surface area contributed by atoms with Crippen molar-refractivity contribution < 1.29 is 53.8 Å². The summed E-state index contributed by atoms with van der Waals surface area (Å²) in [6, 6.07) is 38.4. The minimum absolute atomic E-state index is 0. The number of methoxy groups -OCH3 is 4. The zero-order chi connectivity index (χ0) is 48.9. The van der Waals surface area contributed by atoms with Crippen LogP contribution in [0.2, 0.25) is 0 Å². The van der Waals surface area contributed by atoms with Gasteiger partial charge in [-0.25, -0.2) is 0 Å². The van der Waals surface area contributed by atoms with Gasteiger partial charge in [0.2, 0.25) is 0 Å². The third kappa shape index (κ3) is 15.0. The van der Waals surface area contributed by atoms with E-state index in [1.54, 1.807) is 28.4 Å². The van der Waals surface area contributed by atoms with E-state index in [2.05, 4.69) is 85.9 Å². The molecule has 13 heteroatoms. The van der Waals surface area contributed by atoms with Crippen LogP contribution in [0.25, 0.3) is 46.6 Å². The van der Waals surface area contributed by atoms with Crippen molar-refractivity contribution in [1.82, 2.24) is 5.32 Å². The van der Waals surface area contributed by atoms with Gasteiger partial charge in [-0.3, -0.25) is 19.7 Å². The van der Waals surface area contributed by atoms with Gasteiger partial charge in [0.1, 0.15) is 35.1 Å². The molecule has 7 N–H and O–H groups in total. The maximum atomic E-state index is 11.3. The Morgan fingerprint density at radius 3 is 1.32 bits per heavy atom. The maximum absolute atomic E-state index is 11.3. The summed E-state index contributed by atoms with van der Waals surface area (Å²) in [5.74, 6) is -0.167. The molecule has 0 aliphatic heterocycles. The highest BCUT2D eigenvalue weighted by molar-refractivity contribution is 5.86. The van der Waals surface area contributed by atoms with Crippen molar-refractivity contribution in [2.45, 2.75) is 39.9 Å². The summed E-state index contributed by atoms with van der Waals surface area (Å²) in [6.07, 6.45) is 8.86. The van der Waals surface area contributed by atoms with Gasteiger partial charge in [0.25, 0.3) is 0 Å². The predicted molar refractivity (Wildman–Crippen MR) is 270 cm³/mol. The standard InChI is InChI=1S/C27H29NO5.C24H22O3.C3H7NO3.CH4/c1-18-20(10-7-11-22(18)21-8-5-4-6-9-21)13-12-19-14-25(32-2)23(26(15-19)33-3)16-28-24(17-29)27(30)31;1-17-19(10-7-11-21(17)20-8-5-4-6-9-20)13-12-18-14-23(26-2)22(16-25)24(15-18)27-3;4-2(1-5)3(6)7;/h4-15,24,28-29H,16-17H2,1-3H3,(H,30,31);4-16H,1-3H3;2,5H,1,4H2,(H,6,7);1H4/b2*13-12+;;/t24-;;2-;/m0.0./s1. The zero-order valence-electron chi connectivity index (χ0n) is 38.4. The van der Waals surface area contributed by atoms with E-state index in [-0.39, 0.29) is 14.0 Å². The van der Waals surface area contributed by atoms with Crippen LogP contribution < -0.4 is 30.0 Å². The van der Waals surface area contributed by atoms with E-state index in [9.17, 15) is 19.5 Å². The summed E-state index contributed by atoms with van der Waals surface area (Å²) in [4.78, 5) is 32.1. The van der Waals surface area contributed by atoms with Crippen molar-refractivity contribution >= 4 is 42.5 Å². The number of aldehydes is 1. The quantitative estimate of drug-likeness (QED) is 0.0352. The predicted octanol–water partition coefficient (Wildman–Crippen LogP) is 9.07. The Kier molecular flexibility index (Phi) is 22.4. The Balaban J connectivity index is 0.000000316. The van der Waals surface area contributed by atoms with Gasteiger partial charge in [0.05, 0.1) is 47.2 Å². The first kappa shape index (κ1) is 54.8. The second-order valence-corrected chi connectivity index (χ2v) is 14.9. The number of carboxylic acid groups (broad SMARTS) is 2. The van der Waals surface area contributed by atoms with Crippen molar-refractivity contribution in [1.29, 1.82) is 0 Å². The number of benzene rings is 6. The summed E-state index contributed by atoms with van der Waals surface area (Å²) in [5, 5.41) is 37.1. The van der Waals surface area contributed by atoms with Crippen molar-refractivity contribution in [2.75, 3.05) is 41.7 Å². The third-order valence-electron chi connectivity index (χ3n) is 10.7. The summed E-state index contributed by atoms with van der Waals surface area (Å²) in [7, 11) is 6.20. The van der Waals surface area contributed by atoms with Gasteiger partial charge in [-0.15, -0.1) is 0 Å². The molecule has 0 amide bonds. The number of hydrogen-bond donors (Lipinski definition) is 6. The molecule has 0 unspecified atom stereocenters. The van der Waals surface area contributed by atoms with Crippen molar-refractivity contribution in [3.05, 3.63) is 166 Å². The summed E-state index contributed by atoms with van der Waals surface area (Å²) < 4.78 is 21.7. The molecule has 6 aromatic carbocycles. The number of carboxylic acids is 2. The van der Waals surface area contributed by atoms with Gasteiger partial charge < -0.3 is 45.1 Å². The molecule has 0 aromatic heterocycles. The number of ether oxygens (including phenoxy) is 4. The van der Waals surface area contributed by atoms with Crippen LogP contribution in [0, 0.1) is 13.8 Å². The molecule has 6 rings (SSSR count). The molecule has 358 valence electrons. The molecule has 0 heterocycles. The summed E-state index contributed by atoms with van der Waals surface area (Å²) >= 11 is 0. The van der Waals surface area contributed by atoms with E-state index in [0.717, 1.165) is 28.5 Å². The Labute approximate surface area is 398 Å². The maximum Gasteiger partial charge on any atom is 0.323 e. The first-order chi connectivity index (χ1) is 32.3. The number of carbonyl (C=O) groups is 3. The SMILES string of the molecule is C.COc1cc(/C=C/c2cccc(-c3ccccc3)c2C)cc(OC)c1C=O.COc1cc(/C=C/c2cccc(-c3ccccc3)c2C)cc(OC)c1CN[C@@H](CO)C(=O)O.N[C@@H](CO)C(=O)O. The monoisotopic (exact) mass is 926 g/mol. The number of aliphatic hydroxyl groups excluding tert-OH is 2. The van der Waals surface area contributed by atoms with Gasteiger partial charge in [0.15, 0.2) is 6.29 Å². The van der Waals surface area contributed by atoms with E-state index in [1.807, 2.05) is 78.9 Å². The Bertz CT molecular complexity index is 2580. The first-order valence-corrected chi connectivity index (χ1v) is 21.1. The molecule has 0 fully saturated rings. The van der Waals surface area contributed by atoms with Crippen molar-refractivity contribution in [2.24, 2.45) is 5.73 Å². The normalized spacial score (nSPS) is 11.5. The molecular formula is C55H62N2O11. The lowest BCUT2D eigenvalue weighted by molar-refractivity contribution is -0.141. The molecule has 13 nitrogen and oxygen atoms in total. The molecule has 0 spiro atoms. The second-order valence-electron chi connectivity index (χ2n) is 14.9. The lowest BCUT2D eigenvalue weighted by Crippen LogP contribution is -2.39. The van der Waals surface area contributed by atoms with Crippen LogP contribution in [0.3, 0.4) is 0 Å². The number of rotatable bonds is 18. The van der Waals surface area contributed by atoms with Crippen LogP contribution in [0.5, 0.6) is 23.0 Å². The number of aliphatic carboxylic acids is 2. The summed E-state index contributed by atoms with van der Waals surface area (Å²) in [5.41, 5.74) is 17.0. The molecule has 0 bridgehead atoms. The molecule has 0 saturated carbocycles. The van der Waals surface area contributed by atoms with Crippen LogP contribution in [0.15, 0.2) is 121 Å². The van der Waals surface area contributed by atoms with Crippen molar-refractivity contribution in [3.63, 3.8) is 0 Å². The molecule has 68 heavy (non-hydrogen) atoms. The molecule has 0 saturated heterocycles. The van der Waals surface area contributed by atoms with Crippen LogP contribution in [-0.4, -0.2) is 92.4 Å². The van der Waals surface area contributed by atoms with Gasteiger partial charge in [-0.2, -0.15) is 0 Å². The number of nitrogens with one attached hydrogen (secondary N) is 1. The fourth-order valence-electron chi connectivity index (χ4n) is 6.88. The fraction of sp³-hybridized carbons (Fsp3) is 0.218. The second kappa shape index (κ2) is 27.8. The minimum atomic E-state index is -1.18. The van der Waals surface area contributed by atoms with E-state index in [4.69, 9.17) is 40.0 Å². The average Bonchev–Trinajstić information content (AvgIpc) is 3.35. The summed E-state index contributed by atoms with van der Waals surface area (Å²) in [6.45, 7) is 3.39. The van der Waals surface area contributed by atoms with E-state index < -0.39 is 37.2 Å². The number of nitrogens with two attached hydrogens (primary N) is 1. The average molecular weight is 927 g/mol. The van der Waals surface area contributed by atoms with Crippen LogP contribution in [0.4, 0.5) is 0 Å². The highest BCUT2D eigenvalue weighted by atomic mass is 16.5. The van der Waals surface area contributed by atoms with Gasteiger partial charge in [-0.05, 0) is 93.7 Å². The van der Waals surface area contributed by atoms with Crippen LogP contribution in [0.1, 0.15) is 56.7 Å². The zero-order valence-corrected chi connectivity index (χ0v) is 38.4. The number of aliphatic hydroxyl groups is 2. The number of hydrogen-bond acceptors (Lipinski definition) is 11. The molecular weight excluding hydrogens is 865 g/mol. The smallest absolute Gasteiger partial charge is 0.323 e. The number of carbonyl (C=O) groups excluding carboxylic acids is 1. The minimum Gasteiger partial charge on any atom is -0.496 e. The largest absolute Gasteiger partial charge is 0.496 e. The lowest BCUT2D eigenvalue weighted by atomic mass is 9.96. The van der Waals surface area contributed by atoms with E-state index in [1.165, 1.54) is 33.4 Å². The highest BCUT2D eigenvalue weighted by Gasteiger charge is 2.19.